The molecule has 0 heterocycles. The van der Waals surface area contributed by atoms with E-state index in [1.165, 1.54) is 6.07 Å². The zero-order valence-electron chi connectivity index (χ0n) is 8.13. The molecule has 0 amide bonds. The van der Waals surface area contributed by atoms with Crippen LogP contribution in [0, 0.1) is 11.7 Å². The Balaban J connectivity index is 2.63. The van der Waals surface area contributed by atoms with Gasteiger partial charge in [0.05, 0.1) is 5.02 Å². The topological polar surface area (TPSA) is 20.2 Å². The Morgan fingerprint density at radius 1 is 1.50 bits per heavy atom. The van der Waals surface area contributed by atoms with Crippen LogP contribution in [0.5, 0.6) is 0 Å². The molecule has 1 unspecified atom stereocenters. The second-order valence-corrected chi connectivity index (χ2v) is 3.95. The molecular weight excluding hydrogens is 203 g/mol. The van der Waals surface area contributed by atoms with Gasteiger partial charge >= 0.3 is 0 Å². The molecule has 0 aromatic heterocycles. The lowest BCUT2D eigenvalue weighted by Gasteiger charge is -2.08. The number of aliphatic hydroxyl groups is 1. The van der Waals surface area contributed by atoms with Gasteiger partial charge in [-0.2, -0.15) is 0 Å². The summed E-state index contributed by atoms with van der Waals surface area (Å²) in [5, 5.41) is 8.98. The minimum atomic E-state index is -0.334. The number of benzene rings is 1. The summed E-state index contributed by atoms with van der Waals surface area (Å²) in [5.74, 6) is -0.132. The standard InChI is InChI=1S/C11H14ClFO/c1-8(7-14)5-6-9-3-2-4-10(12)11(9)13/h2-4,8,14H,5-7H2,1H3. The van der Waals surface area contributed by atoms with E-state index >= 15 is 0 Å². The van der Waals surface area contributed by atoms with Crippen molar-refractivity contribution in [3.8, 4) is 0 Å². The Hall–Kier alpha value is -0.600. The molecule has 1 nitrogen and oxygen atoms in total. The predicted octanol–water partition coefficient (Wildman–Crippen LogP) is 3.04. The number of hydrogen-bond acceptors (Lipinski definition) is 1. The van der Waals surface area contributed by atoms with Crippen LogP contribution in [0.2, 0.25) is 5.02 Å². The maximum atomic E-state index is 13.4. The molecule has 1 aromatic rings. The largest absolute Gasteiger partial charge is 0.396 e. The molecule has 1 rings (SSSR count). The van der Waals surface area contributed by atoms with Crippen molar-refractivity contribution in [1.29, 1.82) is 0 Å². The molecule has 78 valence electrons. The molecule has 14 heavy (non-hydrogen) atoms. The summed E-state index contributed by atoms with van der Waals surface area (Å²) < 4.78 is 13.4. The summed E-state index contributed by atoms with van der Waals surface area (Å²) in [5.41, 5.74) is 0.623. The van der Waals surface area contributed by atoms with E-state index in [9.17, 15) is 4.39 Å². The van der Waals surface area contributed by atoms with Crippen molar-refractivity contribution in [2.75, 3.05) is 6.61 Å². The molecule has 1 atom stereocenters. The number of aryl methyl sites for hydroxylation is 1. The van der Waals surface area contributed by atoms with E-state index in [0.29, 0.717) is 12.0 Å². The van der Waals surface area contributed by atoms with Gasteiger partial charge in [0.25, 0.3) is 0 Å². The fraction of sp³-hybridized carbons (Fsp3) is 0.455. The molecule has 0 fully saturated rings. The lowest BCUT2D eigenvalue weighted by Crippen LogP contribution is -2.03. The number of halogens is 2. The van der Waals surface area contributed by atoms with Gasteiger partial charge in [-0.05, 0) is 30.4 Å². The van der Waals surface area contributed by atoms with E-state index < -0.39 is 0 Å². The van der Waals surface area contributed by atoms with E-state index in [-0.39, 0.29) is 23.4 Å². The Kier molecular flexibility index (Phi) is 4.36. The Morgan fingerprint density at radius 2 is 2.21 bits per heavy atom. The Morgan fingerprint density at radius 3 is 2.86 bits per heavy atom. The molecule has 0 aliphatic carbocycles. The highest BCUT2D eigenvalue weighted by atomic mass is 35.5. The van der Waals surface area contributed by atoms with Crippen molar-refractivity contribution >= 4 is 11.6 Å². The average Bonchev–Trinajstić information content (AvgIpc) is 2.20. The molecule has 0 radical (unpaired) electrons. The first-order valence-corrected chi connectivity index (χ1v) is 5.06. The van der Waals surface area contributed by atoms with Crippen LogP contribution in [0.4, 0.5) is 4.39 Å². The van der Waals surface area contributed by atoms with Crippen LogP contribution in [-0.4, -0.2) is 11.7 Å². The molecule has 0 bridgehead atoms. The van der Waals surface area contributed by atoms with Crippen LogP contribution in [0.1, 0.15) is 18.9 Å². The maximum absolute atomic E-state index is 13.4. The second-order valence-electron chi connectivity index (χ2n) is 3.54. The minimum Gasteiger partial charge on any atom is -0.396 e. The average molecular weight is 217 g/mol. The zero-order valence-corrected chi connectivity index (χ0v) is 8.89. The minimum absolute atomic E-state index is 0.141. The van der Waals surface area contributed by atoms with Crippen molar-refractivity contribution in [3.63, 3.8) is 0 Å². The fourth-order valence-corrected chi connectivity index (χ4v) is 1.43. The summed E-state index contributed by atoms with van der Waals surface area (Å²) in [6.07, 6.45) is 1.39. The summed E-state index contributed by atoms with van der Waals surface area (Å²) in [7, 11) is 0. The lowest BCUT2D eigenvalue weighted by molar-refractivity contribution is 0.230. The number of aliphatic hydroxyl groups excluding tert-OH is 1. The molecule has 0 aliphatic rings. The molecule has 1 N–H and O–H groups in total. The van der Waals surface area contributed by atoms with Crippen LogP contribution in [-0.2, 0) is 6.42 Å². The highest BCUT2D eigenvalue weighted by Gasteiger charge is 2.07. The van der Waals surface area contributed by atoms with Gasteiger partial charge in [0, 0.05) is 6.61 Å². The molecule has 0 saturated carbocycles. The van der Waals surface area contributed by atoms with Gasteiger partial charge in [-0.1, -0.05) is 30.7 Å². The van der Waals surface area contributed by atoms with Crippen LogP contribution in [0.3, 0.4) is 0 Å². The van der Waals surface area contributed by atoms with Crippen molar-refractivity contribution in [2.24, 2.45) is 5.92 Å². The quantitative estimate of drug-likeness (QED) is 0.820. The molecule has 0 aliphatic heterocycles. The first-order chi connectivity index (χ1) is 6.65. The fourth-order valence-electron chi connectivity index (χ4n) is 1.23. The van der Waals surface area contributed by atoms with Gasteiger partial charge in [-0.15, -0.1) is 0 Å². The molecule has 3 heteroatoms. The second kappa shape index (κ2) is 5.32. The third-order valence-electron chi connectivity index (χ3n) is 2.25. The lowest BCUT2D eigenvalue weighted by atomic mass is 10.0. The molecular formula is C11H14ClFO. The highest BCUT2D eigenvalue weighted by molar-refractivity contribution is 6.30. The first-order valence-electron chi connectivity index (χ1n) is 4.69. The van der Waals surface area contributed by atoms with Crippen LogP contribution in [0.25, 0.3) is 0 Å². The van der Waals surface area contributed by atoms with E-state index in [0.717, 1.165) is 6.42 Å². The Labute approximate surface area is 88.5 Å². The zero-order chi connectivity index (χ0) is 10.6. The highest BCUT2D eigenvalue weighted by Crippen LogP contribution is 2.20. The van der Waals surface area contributed by atoms with Crippen molar-refractivity contribution in [1.82, 2.24) is 0 Å². The summed E-state index contributed by atoms with van der Waals surface area (Å²) in [6.45, 7) is 2.07. The monoisotopic (exact) mass is 216 g/mol. The van der Waals surface area contributed by atoms with E-state index in [1.807, 2.05) is 6.92 Å². The van der Waals surface area contributed by atoms with E-state index in [1.54, 1.807) is 12.1 Å². The van der Waals surface area contributed by atoms with Crippen molar-refractivity contribution in [2.45, 2.75) is 19.8 Å². The predicted molar refractivity (Wildman–Crippen MR) is 56.0 cm³/mol. The third-order valence-corrected chi connectivity index (χ3v) is 2.54. The van der Waals surface area contributed by atoms with Crippen LogP contribution >= 0.6 is 11.6 Å². The third kappa shape index (κ3) is 2.96. The van der Waals surface area contributed by atoms with Crippen LogP contribution < -0.4 is 0 Å². The first kappa shape index (κ1) is 11.5. The maximum Gasteiger partial charge on any atom is 0.144 e. The number of rotatable bonds is 4. The molecule has 0 saturated heterocycles. The van der Waals surface area contributed by atoms with Crippen LogP contribution in [0.15, 0.2) is 18.2 Å². The van der Waals surface area contributed by atoms with E-state index in [4.69, 9.17) is 16.7 Å². The van der Waals surface area contributed by atoms with Crippen molar-refractivity contribution < 1.29 is 9.50 Å². The van der Waals surface area contributed by atoms with Gasteiger partial charge in [0.1, 0.15) is 5.82 Å². The summed E-state index contributed by atoms with van der Waals surface area (Å²) in [4.78, 5) is 0. The summed E-state index contributed by atoms with van der Waals surface area (Å²) in [6, 6.07) is 5.01. The molecule has 1 aromatic carbocycles. The Bertz CT molecular complexity index is 301. The SMILES string of the molecule is CC(CO)CCc1cccc(Cl)c1F. The van der Waals surface area contributed by atoms with E-state index in [2.05, 4.69) is 0 Å². The smallest absolute Gasteiger partial charge is 0.144 e. The van der Waals surface area contributed by atoms with Gasteiger partial charge in [0.2, 0.25) is 0 Å². The van der Waals surface area contributed by atoms with Gasteiger partial charge in [-0.3, -0.25) is 0 Å². The van der Waals surface area contributed by atoms with Crippen molar-refractivity contribution in [3.05, 3.63) is 34.6 Å². The van der Waals surface area contributed by atoms with Gasteiger partial charge in [-0.25, -0.2) is 4.39 Å². The van der Waals surface area contributed by atoms with Gasteiger partial charge < -0.3 is 5.11 Å². The normalized spacial score (nSPS) is 12.9. The molecule has 0 spiro atoms. The number of hydrogen-bond donors (Lipinski definition) is 1. The summed E-state index contributed by atoms with van der Waals surface area (Å²) >= 11 is 5.64. The van der Waals surface area contributed by atoms with Gasteiger partial charge in [0.15, 0.2) is 0 Å².